The highest BCUT2D eigenvalue weighted by Crippen LogP contribution is 2.06. The summed E-state index contributed by atoms with van der Waals surface area (Å²) in [6.07, 6.45) is 1.15. The molecular formula is C16H27N5O6S2. The van der Waals surface area contributed by atoms with Crippen molar-refractivity contribution in [1.29, 1.82) is 0 Å². The minimum Gasteiger partial charge on any atom is -0.480 e. The molecule has 29 heavy (non-hydrogen) atoms. The molecule has 0 aromatic heterocycles. The van der Waals surface area contributed by atoms with Gasteiger partial charge in [-0.15, -0.1) is 0 Å². The molecule has 1 fully saturated rings. The van der Waals surface area contributed by atoms with Crippen LogP contribution in [-0.4, -0.2) is 76.9 Å². The Hall–Kier alpha value is -1.99. The van der Waals surface area contributed by atoms with Crippen LogP contribution in [0.1, 0.15) is 25.7 Å². The van der Waals surface area contributed by atoms with Gasteiger partial charge in [0.2, 0.25) is 23.6 Å². The van der Waals surface area contributed by atoms with E-state index in [-0.39, 0.29) is 30.3 Å². The Morgan fingerprint density at radius 1 is 1.00 bits per heavy atom. The molecule has 11 nitrogen and oxygen atoms in total. The van der Waals surface area contributed by atoms with Crippen LogP contribution in [-0.2, 0) is 24.0 Å². The lowest BCUT2D eigenvalue weighted by Crippen LogP contribution is -2.57. The van der Waals surface area contributed by atoms with Crippen LogP contribution in [0.15, 0.2) is 0 Å². The molecule has 1 rings (SSSR count). The van der Waals surface area contributed by atoms with Crippen molar-refractivity contribution in [2.24, 2.45) is 5.73 Å². The highest BCUT2D eigenvalue weighted by atomic mass is 32.1. The minimum absolute atomic E-state index is 0.0250. The molecule has 7 N–H and O–H groups in total. The van der Waals surface area contributed by atoms with Crippen molar-refractivity contribution in [1.82, 2.24) is 21.3 Å². The number of nitrogens with two attached hydrogens (primary N) is 1. The van der Waals surface area contributed by atoms with E-state index >= 15 is 0 Å². The van der Waals surface area contributed by atoms with Gasteiger partial charge in [-0.25, -0.2) is 4.79 Å². The van der Waals surface area contributed by atoms with E-state index in [9.17, 15) is 24.0 Å². The lowest BCUT2D eigenvalue weighted by molar-refractivity contribution is -0.141. The summed E-state index contributed by atoms with van der Waals surface area (Å²) in [6.45, 7) is 0.709. The summed E-state index contributed by atoms with van der Waals surface area (Å²) in [4.78, 5) is 59.3. The SMILES string of the molecule is NC(=O)CCC(NC(=O)C(CS)NC(=O)C1CCCN1)C(=O)NC(CS)C(=O)O. The number of carboxylic acids is 1. The molecule has 1 heterocycles. The van der Waals surface area contributed by atoms with Gasteiger partial charge in [0.1, 0.15) is 18.1 Å². The van der Waals surface area contributed by atoms with Gasteiger partial charge in [0.15, 0.2) is 0 Å². The van der Waals surface area contributed by atoms with E-state index in [1.807, 2.05) is 0 Å². The average Bonchev–Trinajstić information content (AvgIpc) is 3.21. The van der Waals surface area contributed by atoms with E-state index in [4.69, 9.17) is 10.8 Å². The van der Waals surface area contributed by atoms with Crippen LogP contribution in [0.25, 0.3) is 0 Å². The number of thiol groups is 2. The molecule has 4 amide bonds. The number of hydrogen-bond acceptors (Lipinski definition) is 8. The molecule has 164 valence electrons. The Morgan fingerprint density at radius 3 is 2.07 bits per heavy atom. The standard InChI is InChI=1S/C16H27N5O6S2/c17-12(22)4-3-9(14(24)21-11(7-29)16(26)27)19-15(25)10(6-28)20-13(23)8-2-1-5-18-8/h8-11,18,28-29H,1-7H2,(H2,17,22)(H,19,25)(H,20,23)(H,21,24)(H,26,27). The Morgan fingerprint density at radius 2 is 1.59 bits per heavy atom. The fourth-order valence-electron chi connectivity index (χ4n) is 2.66. The van der Waals surface area contributed by atoms with Crippen molar-refractivity contribution in [3.63, 3.8) is 0 Å². The quantitative estimate of drug-likeness (QED) is 0.150. The van der Waals surface area contributed by atoms with E-state index in [2.05, 4.69) is 46.5 Å². The molecule has 1 aliphatic rings. The maximum Gasteiger partial charge on any atom is 0.327 e. The first-order chi connectivity index (χ1) is 13.7. The molecule has 0 spiro atoms. The van der Waals surface area contributed by atoms with Crippen LogP contribution in [0.4, 0.5) is 0 Å². The van der Waals surface area contributed by atoms with Crippen molar-refractivity contribution < 1.29 is 29.1 Å². The number of amides is 4. The Labute approximate surface area is 179 Å². The van der Waals surface area contributed by atoms with Crippen LogP contribution in [0, 0.1) is 0 Å². The number of nitrogens with one attached hydrogen (secondary N) is 4. The van der Waals surface area contributed by atoms with Gasteiger partial charge < -0.3 is 32.1 Å². The molecule has 1 aliphatic heterocycles. The van der Waals surface area contributed by atoms with Gasteiger partial charge in [0.25, 0.3) is 0 Å². The second kappa shape index (κ2) is 12.5. The summed E-state index contributed by atoms with van der Waals surface area (Å²) in [5.41, 5.74) is 5.10. The maximum atomic E-state index is 12.6. The fourth-order valence-corrected chi connectivity index (χ4v) is 3.16. The highest BCUT2D eigenvalue weighted by molar-refractivity contribution is 7.80. The first-order valence-electron chi connectivity index (χ1n) is 9.06. The lowest BCUT2D eigenvalue weighted by atomic mass is 10.1. The Bertz CT molecular complexity index is 629. The molecule has 13 heteroatoms. The largest absolute Gasteiger partial charge is 0.480 e. The molecule has 4 unspecified atom stereocenters. The first kappa shape index (κ1) is 25.0. The summed E-state index contributed by atoms with van der Waals surface area (Å²) in [6, 6.07) is -3.91. The van der Waals surface area contributed by atoms with Gasteiger partial charge in [-0.3, -0.25) is 19.2 Å². The Kier molecular flexibility index (Phi) is 10.8. The molecule has 0 radical (unpaired) electrons. The predicted octanol–water partition coefficient (Wildman–Crippen LogP) is -2.60. The van der Waals surface area contributed by atoms with Crippen LogP contribution in [0.5, 0.6) is 0 Å². The van der Waals surface area contributed by atoms with Gasteiger partial charge >= 0.3 is 5.97 Å². The summed E-state index contributed by atoms with van der Waals surface area (Å²) < 4.78 is 0. The van der Waals surface area contributed by atoms with Crippen LogP contribution >= 0.6 is 25.3 Å². The smallest absolute Gasteiger partial charge is 0.327 e. The summed E-state index contributed by atoms with van der Waals surface area (Å²) in [5, 5.41) is 19.3. The summed E-state index contributed by atoms with van der Waals surface area (Å²) >= 11 is 7.93. The first-order valence-corrected chi connectivity index (χ1v) is 10.3. The zero-order valence-corrected chi connectivity index (χ0v) is 17.5. The van der Waals surface area contributed by atoms with Crippen molar-refractivity contribution >= 4 is 54.9 Å². The van der Waals surface area contributed by atoms with Gasteiger partial charge in [-0.05, 0) is 25.8 Å². The van der Waals surface area contributed by atoms with Crippen LogP contribution in [0.2, 0.25) is 0 Å². The minimum atomic E-state index is -1.29. The molecule has 0 aromatic rings. The fraction of sp³-hybridized carbons (Fsp3) is 0.688. The molecule has 0 saturated carbocycles. The van der Waals surface area contributed by atoms with Crippen molar-refractivity contribution in [2.45, 2.75) is 49.9 Å². The van der Waals surface area contributed by atoms with Gasteiger partial charge in [0, 0.05) is 17.9 Å². The van der Waals surface area contributed by atoms with E-state index in [0.717, 1.165) is 6.42 Å². The number of aliphatic carboxylic acids is 1. The number of rotatable bonds is 12. The topological polar surface area (TPSA) is 180 Å². The van der Waals surface area contributed by atoms with E-state index in [1.165, 1.54) is 0 Å². The van der Waals surface area contributed by atoms with E-state index in [1.54, 1.807) is 0 Å². The van der Waals surface area contributed by atoms with E-state index < -0.39 is 47.9 Å². The normalized spacial score (nSPS) is 18.9. The van der Waals surface area contributed by atoms with Gasteiger partial charge in [-0.2, -0.15) is 25.3 Å². The molecule has 0 bridgehead atoms. The summed E-state index contributed by atoms with van der Waals surface area (Å²) in [7, 11) is 0. The monoisotopic (exact) mass is 449 g/mol. The van der Waals surface area contributed by atoms with Crippen molar-refractivity contribution in [2.75, 3.05) is 18.1 Å². The molecule has 1 saturated heterocycles. The maximum absolute atomic E-state index is 12.6. The number of hydrogen-bond donors (Lipinski definition) is 8. The second-order valence-corrected chi connectivity index (χ2v) is 7.27. The van der Waals surface area contributed by atoms with Crippen molar-refractivity contribution in [3.8, 4) is 0 Å². The average molecular weight is 450 g/mol. The van der Waals surface area contributed by atoms with Gasteiger partial charge in [0.05, 0.1) is 6.04 Å². The Balaban J connectivity index is 2.78. The molecule has 0 aromatic carbocycles. The molecule has 4 atom stereocenters. The third-order valence-electron chi connectivity index (χ3n) is 4.30. The predicted molar refractivity (Wildman–Crippen MR) is 111 cm³/mol. The highest BCUT2D eigenvalue weighted by Gasteiger charge is 2.30. The molecular weight excluding hydrogens is 422 g/mol. The van der Waals surface area contributed by atoms with Gasteiger partial charge in [-0.1, -0.05) is 0 Å². The molecule has 0 aliphatic carbocycles. The lowest BCUT2D eigenvalue weighted by Gasteiger charge is -2.24. The number of carboxylic acid groups (broad SMARTS) is 1. The van der Waals surface area contributed by atoms with Crippen molar-refractivity contribution in [3.05, 3.63) is 0 Å². The zero-order chi connectivity index (χ0) is 22.0. The number of carbonyl (C=O) groups is 5. The van der Waals surface area contributed by atoms with Crippen LogP contribution in [0.3, 0.4) is 0 Å². The summed E-state index contributed by atoms with van der Waals surface area (Å²) in [5.74, 6) is -4.01. The number of primary amides is 1. The zero-order valence-electron chi connectivity index (χ0n) is 15.7. The number of carbonyl (C=O) groups excluding carboxylic acids is 4. The second-order valence-electron chi connectivity index (χ2n) is 6.54. The third-order valence-corrected chi connectivity index (χ3v) is 5.03. The third kappa shape index (κ3) is 8.50. The van der Waals surface area contributed by atoms with E-state index in [0.29, 0.717) is 13.0 Å². The van der Waals surface area contributed by atoms with Crippen LogP contribution < -0.4 is 27.0 Å².